The molecule has 3 rings (SSSR count). The van der Waals surface area contributed by atoms with Crippen molar-refractivity contribution in [2.45, 2.75) is 25.2 Å². The van der Waals surface area contributed by atoms with E-state index in [1.165, 1.54) is 24.8 Å². The van der Waals surface area contributed by atoms with Crippen LogP contribution in [0.5, 0.6) is 0 Å². The molecule has 2 aliphatic rings. The summed E-state index contributed by atoms with van der Waals surface area (Å²) in [5.41, 5.74) is 1.80. The van der Waals surface area contributed by atoms with Gasteiger partial charge in [0.25, 0.3) is 0 Å². The summed E-state index contributed by atoms with van der Waals surface area (Å²) >= 11 is 0. The van der Waals surface area contributed by atoms with E-state index in [1.807, 2.05) is 12.1 Å². The minimum Gasteiger partial charge on any atom is -0.316 e. The number of hydrogen-bond donors (Lipinski definition) is 1. The van der Waals surface area contributed by atoms with Crippen LogP contribution in [0.2, 0.25) is 0 Å². The van der Waals surface area contributed by atoms with Gasteiger partial charge in [0.15, 0.2) is 0 Å². The molecule has 0 aromatic heterocycles. The van der Waals surface area contributed by atoms with Gasteiger partial charge in [-0.3, -0.25) is 0 Å². The maximum absolute atomic E-state index is 12.8. The molecule has 1 heterocycles. The predicted molar refractivity (Wildman–Crippen MR) is 58.3 cm³/mol. The molecule has 2 fully saturated rings. The van der Waals surface area contributed by atoms with Crippen molar-refractivity contribution >= 4 is 0 Å². The highest BCUT2D eigenvalue weighted by atomic mass is 19.1. The zero-order valence-corrected chi connectivity index (χ0v) is 8.80. The number of benzene rings is 1. The molecule has 1 aliphatic heterocycles. The Balaban J connectivity index is 1.90. The molecule has 1 nitrogen and oxygen atoms in total. The number of nitrogens with one attached hydrogen (secondary N) is 1. The van der Waals surface area contributed by atoms with Crippen molar-refractivity contribution in [1.82, 2.24) is 5.32 Å². The molecule has 15 heavy (non-hydrogen) atoms. The van der Waals surface area contributed by atoms with Crippen molar-refractivity contribution in [3.05, 3.63) is 35.6 Å². The van der Waals surface area contributed by atoms with E-state index in [4.69, 9.17) is 0 Å². The van der Waals surface area contributed by atoms with Gasteiger partial charge in [0.05, 0.1) is 0 Å². The third-order valence-corrected chi connectivity index (χ3v) is 4.19. The monoisotopic (exact) mass is 205 g/mol. The van der Waals surface area contributed by atoms with Gasteiger partial charge in [-0.05, 0) is 36.0 Å². The first-order valence-electron chi connectivity index (χ1n) is 5.76. The summed E-state index contributed by atoms with van der Waals surface area (Å²) in [7, 11) is 0. The predicted octanol–water partition coefficient (Wildman–Crippen LogP) is 2.68. The van der Waals surface area contributed by atoms with Crippen molar-refractivity contribution in [3.63, 3.8) is 0 Å². The first-order valence-corrected chi connectivity index (χ1v) is 5.76. The van der Waals surface area contributed by atoms with Gasteiger partial charge in [0, 0.05) is 19.0 Å². The van der Waals surface area contributed by atoms with E-state index in [0.717, 1.165) is 13.1 Å². The normalized spacial score (nSPS) is 27.9. The molecule has 1 aromatic carbocycles. The fourth-order valence-electron chi connectivity index (χ4n) is 3.13. The highest BCUT2D eigenvalue weighted by molar-refractivity contribution is 5.26. The largest absolute Gasteiger partial charge is 0.316 e. The zero-order valence-electron chi connectivity index (χ0n) is 8.80. The summed E-state index contributed by atoms with van der Waals surface area (Å²) in [6.07, 6.45) is 4.03. The maximum atomic E-state index is 12.8. The van der Waals surface area contributed by atoms with E-state index in [9.17, 15) is 4.39 Å². The minimum atomic E-state index is -0.132. The highest BCUT2D eigenvalue weighted by Crippen LogP contribution is 2.53. The summed E-state index contributed by atoms with van der Waals surface area (Å²) < 4.78 is 12.8. The van der Waals surface area contributed by atoms with Gasteiger partial charge in [-0.25, -0.2) is 4.39 Å². The van der Waals surface area contributed by atoms with Crippen LogP contribution < -0.4 is 5.32 Å². The Morgan fingerprint density at radius 2 is 1.93 bits per heavy atom. The van der Waals surface area contributed by atoms with Gasteiger partial charge in [0.1, 0.15) is 5.82 Å². The Kier molecular flexibility index (Phi) is 2.06. The van der Waals surface area contributed by atoms with Crippen LogP contribution in [0.3, 0.4) is 0 Å². The van der Waals surface area contributed by atoms with E-state index in [-0.39, 0.29) is 5.82 Å². The van der Waals surface area contributed by atoms with Gasteiger partial charge < -0.3 is 5.32 Å². The van der Waals surface area contributed by atoms with Crippen LogP contribution in [-0.4, -0.2) is 13.1 Å². The van der Waals surface area contributed by atoms with Crippen molar-refractivity contribution < 1.29 is 4.39 Å². The maximum Gasteiger partial charge on any atom is 0.123 e. The standard InChI is InChI=1S/C13H16FN/c14-11-4-2-10(3-5-11)12-8-15-9-13(12)6-1-7-13/h2-5,12,15H,1,6-9H2/t12-/m1/s1. The van der Waals surface area contributed by atoms with Crippen LogP contribution in [0.4, 0.5) is 4.39 Å². The molecule has 1 spiro atoms. The Morgan fingerprint density at radius 1 is 1.20 bits per heavy atom. The molecule has 0 unspecified atom stereocenters. The minimum absolute atomic E-state index is 0.132. The lowest BCUT2D eigenvalue weighted by Crippen LogP contribution is -2.36. The highest BCUT2D eigenvalue weighted by Gasteiger charge is 2.47. The molecule has 0 bridgehead atoms. The smallest absolute Gasteiger partial charge is 0.123 e. The molecule has 1 saturated heterocycles. The fraction of sp³-hybridized carbons (Fsp3) is 0.538. The number of halogens is 1. The van der Waals surface area contributed by atoms with Gasteiger partial charge in [0.2, 0.25) is 0 Å². The lowest BCUT2D eigenvalue weighted by atomic mass is 9.61. The van der Waals surface area contributed by atoms with Crippen LogP contribution in [0, 0.1) is 11.2 Å². The van der Waals surface area contributed by atoms with Gasteiger partial charge >= 0.3 is 0 Å². The van der Waals surface area contributed by atoms with Gasteiger partial charge in [-0.15, -0.1) is 0 Å². The average molecular weight is 205 g/mol. The Morgan fingerprint density at radius 3 is 2.53 bits per heavy atom. The first-order chi connectivity index (χ1) is 7.30. The van der Waals surface area contributed by atoms with Crippen molar-refractivity contribution in [3.8, 4) is 0 Å². The molecule has 0 amide bonds. The van der Waals surface area contributed by atoms with Crippen LogP contribution in [0.1, 0.15) is 30.7 Å². The summed E-state index contributed by atoms with van der Waals surface area (Å²) in [4.78, 5) is 0. The Labute approximate surface area is 89.7 Å². The second-order valence-corrected chi connectivity index (χ2v) is 4.95. The summed E-state index contributed by atoms with van der Waals surface area (Å²) in [5, 5.41) is 3.48. The first kappa shape index (κ1) is 9.34. The Bertz CT molecular complexity index is 353. The lowest BCUT2D eigenvalue weighted by Gasteiger charge is -2.43. The average Bonchev–Trinajstić information content (AvgIpc) is 2.62. The zero-order chi connectivity index (χ0) is 10.3. The molecular formula is C13H16FN. The summed E-state index contributed by atoms with van der Waals surface area (Å²) in [6.45, 7) is 2.21. The molecule has 1 aliphatic carbocycles. The third kappa shape index (κ3) is 1.39. The number of hydrogen-bond acceptors (Lipinski definition) is 1. The molecular weight excluding hydrogens is 189 g/mol. The van der Waals surface area contributed by atoms with E-state index in [2.05, 4.69) is 5.32 Å². The van der Waals surface area contributed by atoms with E-state index < -0.39 is 0 Å². The van der Waals surface area contributed by atoms with E-state index in [1.54, 1.807) is 12.1 Å². The lowest BCUT2D eigenvalue weighted by molar-refractivity contribution is 0.137. The quantitative estimate of drug-likeness (QED) is 0.743. The van der Waals surface area contributed by atoms with E-state index in [0.29, 0.717) is 11.3 Å². The van der Waals surface area contributed by atoms with Crippen LogP contribution in [0.25, 0.3) is 0 Å². The summed E-state index contributed by atoms with van der Waals surface area (Å²) in [5.74, 6) is 0.471. The molecule has 80 valence electrons. The molecule has 1 saturated carbocycles. The molecule has 1 N–H and O–H groups in total. The Hall–Kier alpha value is -0.890. The molecule has 2 heteroatoms. The van der Waals surface area contributed by atoms with Crippen LogP contribution >= 0.6 is 0 Å². The molecule has 0 radical (unpaired) electrons. The summed E-state index contributed by atoms with van der Waals surface area (Å²) in [6, 6.07) is 7.07. The van der Waals surface area contributed by atoms with Gasteiger partial charge in [-0.2, -0.15) is 0 Å². The topological polar surface area (TPSA) is 12.0 Å². The molecule has 1 atom stereocenters. The van der Waals surface area contributed by atoms with Crippen molar-refractivity contribution in [2.75, 3.05) is 13.1 Å². The third-order valence-electron chi connectivity index (χ3n) is 4.19. The van der Waals surface area contributed by atoms with E-state index >= 15 is 0 Å². The SMILES string of the molecule is Fc1ccc([C@H]2CNCC23CCC3)cc1. The van der Waals surface area contributed by atoms with Gasteiger partial charge in [-0.1, -0.05) is 18.6 Å². The van der Waals surface area contributed by atoms with Crippen LogP contribution in [-0.2, 0) is 0 Å². The fourth-order valence-corrected chi connectivity index (χ4v) is 3.13. The molecule has 1 aromatic rings. The second kappa shape index (κ2) is 3.31. The van der Waals surface area contributed by atoms with Crippen molar-refractivity contribution in [2.24, 2.45) is 5.41 Å². The van der Waals surface area contributed by atoms with Crippen molar-refractivity contribution in [1.29, 1.82) is 0 Å². The van der Waals surface area contributed by atoms with Crippen LogP contribution in [0.15, 0.2) is 24.3 Å². The second-order valence-electron chi connectivity index (χ2n) is 4.95. The number of rotatable bonds is 1.